The number of hydrogen-bond donors (Lipinski definition) is 0. The Labute approximate surface area is 133 Å². The van der Waals surface area contributed by atoms with Crippen LogP contribution in [0.3, 0.4) is 0 Å². The molecule has 0 spiro atoms. The predicted octanol–water partition coefficient (Wildman–Crippen LogP) is 4.52. The molecule has 1 atom stereocenters. The molecular weight excluding hydrogens is 304 g/mol. The lowest BCUT2D eigenvalue weighted by atomic mass is 10.2. The molecule has 0 amide bonds. The van der Waals surface area contributed by atoms with Crippen LogP contribution >= 0.6 is 23.4 Å². The number of imidazole rings is 1. The van der Waals surface area contributed by atoms with Crippen LogP contribution in [0, 0.1) is 0 Å². The summed E-state index contributed by atoms with van der Waals surface area (Å²) in [5.41, 5.74) is 1.01. The number of carbonyl (C=O) groups is 1. The normalized spacial score (nSPS) is 19.5. The standard InChI is InChI=1S/C16H17ClN2OS/c17-12-6-8-13(9-7-12)19-11-10-18-16(19)21-15-5-3-1-2-4-14(15)20/h6-11,15H,1-5H2. The van der Waals surface area contributed by atoms with Crippen molar-refractivity contribution in [2.24, 2.45) is 0 Å². The van der Waals surface area contributed by atoms with Crippen molar-refractivity contribution >= 4 is 29.1 Å². The second-order valence-electron chi connectivity index (χ2n) is 5.23. The fraction of sp³-hybridized carbons (Fsp3) is 0.375. The van der Waals surface area contributed by atoms with Gasteiger partial charge in [-0.15, -0.1) is 0 Å². The molecule has 3 nitrogen and oxygen atoms in total. The minimum atomic E-state index is 0.0425. The molecule has 1 unspecified atom stereocenters. The van der Waals surface area contributed by atoms with Crippen molar-refractivity contribution in [1.82, 2.24) is 9.55 Å². The van der Waals surface area contributed by atoms with Gasteiger partial charge in [-0.2, -0.15) is 0 Å². The number of aromatic nitrogens is 2. The van der Waals surface area contributed by atoms with E-state index in [4.69, 9.17) is 11.6 Å². The van der Waals surface area contributed by atoms with Crippen molar-refractivity contribution in [2.75, 3.05) is 0 Å². The van der Waals surface area contributed by atoms with Crippen molar-refractivity contribution in [1.29, 1.82) is 0 Å². The molecule has 0 saturated heterocycles. The summed E-state index contributed by atoms with van der Waals surface area (Å²) in [7, 11) is 0. The van der Waals surface area contributed by atoms with Gasteiger partial charge in [0.25, 0.3) is 0 Å². The Kier molecular flexibility index (Phi) is 4.66. The van der Waals surface area contributed by atoms with E-state index in [9.17, 15) is 4.79 Å². The van der Waals surface area contributed by atoms with Crippen molar-refractivity contribution in [3.63, 3.8) is 0 Å². The van der Waals surface area contributed by atoms with E-state index in [-0.39, 0.29) is 5.25 Å². The molecule has 0 bridgehead atoms. The average molecular weight is 321 g/mol. The van der Waals surface area contributed by atoms with Crippen molar-refractivity contribution in [2.45, 2.75) is 42.5 Å². The van der Waals surface area contributed by atoms with Gasteiger partial charge in [-0.1, -0.05) is 36.2 Å². The molecule has 0 radical (unpaired) electrons. The van der Waals surface area contributed by atoms with E-state index >= 15 is 0 Å². The van der Waals surface area contributed by atoms with Gasteiger partial charge in [-0.3, -0.25) is 9.36 Å². The highest BCUT2D eigenvalue weighted by Crippen LogP contribution is 2.31. The largest absolute Gasteiger partial charge is 0.298 e. The van der Waals surface area contributed by atoms with E-state index in [1.54, 1.807) is 18.0 Å². The molecule has 2 aromatic rings. The Morgan fingerprint density at radius 3 is 2.81 bits per heavy atom. The third-order valence-electron chi connectivity index (χ3n) is 3.71. The molecule has 1 aromatic carbocycles. The highest BCUT2D eigenvalue weighted by molar-refractivity contribution is 8.00. The van der Waals surface area contributed by atoms with Crippen molar-refractivity contribution < 1.29 is 4.79 Å². The molecule has 1 saturated carbocycles. The highest BCUT2D eigenvalue weighted by Gasteiger charge is 2.23. The maximum absolute atomic E-state index is 12.2. The topological polar surface area (TPSA) is 34.9 Å². The first-order valence-electron chi connectivity index (χ1n) is 7.23. The third-order valence-corrected chi connectivity index (χ3v) is 5.26. The number of thioether (sulfide) groups is 1. The maximum atomic E-state index is 12.2. The van der Waals surface area contributed by atoms with Gasteiger partial charge < -0.3 is 0 Å². The van der Waals surface area contributed by atoms with Gasteiger partial charge >= 0.3 is 0 Å². The van der Waals surface area contributed by atoms with E-state index in [0.29, 0.717) is 17.2 Å². The molecule has 1 aromatic heterocycles. The van der Waals surface area contributed by atoms with Crippen LogP contribution in [0.5, 0.6) is 0 Å². The number of Topliss-reactive ketones (excluding diaryl/α,β-unsaturated/α-hetero) is 1. The van der Waals surface area contributed by atoms with E-state index in [1.807, 2.05) is 35.0 Å². The number of carbonyl (C=O) groups excluding carboxylic acids is 1. The summed E-state index contributed by atoms with van der Waals surface area (Å²) in [5.74, 6) is 0.364. The zero-order valence-electron chi connectivity index (χ0n) is 11.7. The number of rotatable bonds is 3. The summed E-state index contributed by atoms with van der Waals surface area (Å²) in [6, 6.07) is 7.65. The summed E-state index contributed by atoms with van der Waals surface area (Å²) in [6.45, 7) is 0. The van der Waals surface area contributed by atoms with Gasteiger partial charge in [-0.05, 0) is 37.1 Å². The second-order valence-corrected chi connectivity index (χ2v) is 6.83. The first kappa shape index (κ1) is 14.7. The third kappa shape index (κ3) is 3.50. The first-order valence-corrected chi connectivity index (χ1v) is 8.48. The quantitative estimate of drug-likeness (QED) is 0.780. The molecule has 0 aliphatic heterocycles. The van der Waals surface area contributed by atoms with E-state index in [2.05, 4.69) is 4.98 Å². The zero-order valence-corrected chi connectivity index (χ0v) is 13.2. The van der Waals surface area contributed by atoms with Crippen LogP contribution in [-0.4, -0.2) is 20.6 Å². The molecule has 1 aliphatic rings. The highest BCUT2D eigenvalue weighted by atomic mass is 35.5. The lowest BCUT2D eigenvalue weighted by Crippen LogP contribution is -2.15. The summed E-state index contributed by atoms with van der Waals surface area (Å²) in [6.07, 6.45) is 8.68. The molecule has 0 N–H and O–H groups in total. The summed E-state index contributed by atoms with van der Waals surface area (Å²) < 4.78 is 2.01. The first-order chi connectivity index (χ1) is 10.2. The van der Waals surface area contributed by atoms with Crippen LogP contribution in [0.15, 0.2) is 41.8 Å². The predicted molar refractivity (Wildman–Crippen MR) is 86.3 cm³/mol. The molecule has 5 heteroatoms. The fourth-order valence-corrected chi connectivity index (χ4v) is 3.87. The number of nitrogens with zero attached hydrogens (tertiary/aromatic N) is 2. The molecule has 1 fully saturated rings. The number of ketones is 1. The monoisotopic (exact) mass is 320 g/mol. The maximum Gasteiger partial charge on any atom is 0.173 e. The van der Waals surface area contributed by atoms with Gasteiger partial charge in [0.05, 0.1) is 5.25 Å². The number of benzene rings is 1. The van der Waals surface area contributed by atoms with Crippen LogP contribution in [0.25, 0.3) is 5.69 Å². The zero-order chi connectivity index (χ0) is 14.7. The Hall–Kier alpha value is -1.26. The Bertz CT molecular complexity index is 623. The number of halogens is 1. The Morgan fingerprint density at radius 2 is 2.00 bits per heavy atom. The Morgan fingerprint density at radius 1 is 1.19 bits per heavy atom. The molecular formula is C16H17ClN2OS. The molecule has 110 valence electrons. The molecule has 3 rings (SSSR count). The van der Waals surface area contributed by atoms with Gasteiger partial charge in [0.1, 0.15) is 5.78 Å². The number of hydrogen-bond acceptors (Lipinski definition) is 3. The fourth-order valence-electron chi connectivity index (χ4n) is 2.55. The molecule has 21 heavy (non-hydrogen) atoms. The molecule has 1 aliphatic carbocycles. The van der Waals surface area contributed by atoms with E-state index in [0.717, 1.165) is 36.5 Å². The summed E-state index contributed by atoms with van der Waals surface area (Å²) >= 11 is 7.52. The molecule has 1 heterocycles. The summed E-state index contributed by atoms with van der Waals surface area (Å²) in [4.78, 5) is 16.6. The minimum Gasteiger partial charge on any atom is -0.298 e. The van der Waals surface area contributed by atoms with Gasteiger partial charge in [-0.25, -0.2) is 4.98 Å². The van der Waals surface area contributed by atoms with Crippen LogP contribution in [0.4, 0.5) is 0 Å². The van der Waals surface area contributed by atoms with Crippen molar-refractivity contribution in [3.05, 3.63) is 41.7 Å². The van der Waals surface area contributed by atoms with Gasteiger partial charge in [0, 0.05) is 29.5 Å². The average Bonchev–Trinajstić information content (AvgIpc) is 2.85. The lowest BCUT2D eigenvalue weighted by Gasteiger charge is -2.13. The van der Waals surface area contributed by atoms with E-state index < -0.39 is 0 Å². The second kappa shape index (κ2) is 6.67. The van der Waals surface area contributed by atoms with Crippen LogP contribution in [0.1, 0.15) is 32.1 Å². The van der Waals surface area contributed by atoms with Gasteiger partial charge in [0.15, 0.2) is 5.16 Å². The Balaban J connectivity index is 1.82. The summed E-state index contributed by atoms with van der Waals surface area (Å²) in [5, 5.41) is 1.63. The minimum absolute atomic E-state index is 0.0425. The van der Waals surface area contributed by atoms with Crippen LogP contribution < -0.4 is 0 Å². The van der Waals surface area contributed by atoms with Crippen LogP contribution in [-0.2, 0) is 4.79 Å². The van der Waals surface area contributed by atoms with E-state index in [1.165, 1.54) is 0 Å². The SMILES string of the molecule is O=C1CCCCCC1Sc1nccn1-c1ccc(Cl)cc1. The van der Waals surface area contributed by atoms with Gasteiger partial charge in [0.2, 0.25) is 0 Å². The smallest absolute Gasteiger partial charge is 0.173 e. The van der Waals surface area contributed by atoms with Crippen molar-refractivity contribution in [3.8, 4) is 5.69 Å². The van der Waals surface area contributed by atoms with Crippen LogP contribution in [0.2, 0.25) is 5.02 Å². The lowest BCUT2D eigenvalue weighted by molar-refractivity contribution is -0.118.